The van der Waals surface area contributed by atoms with E-state index in [9.17, 15) is 0 Å². The zero-order chi connectivity index (χ0) is 51.7. The van der Waals surface area contributed by atoms with Gasteiger partial charge in [-0.2, -0.15) is 0 Å². The summed E-state index contributed by atoms with van der Waals surface area (Å²) in [4.78, 5) is 13.3. The maximum Gasteiger partial charge on any atom is 0.00719 e. The lowest BCUT2D eigenvalue weighted by Gasteiger charge is -2.34. The van der Waals surface area contributed by atoms with Crippen LogP contribution in [0.15, 0.2) is 0 Å². The van der Waals surface area contributed by atoms with Crippen molar-refractivity contribution < 1.29 is 0 Å². The third-order valence-electron chi connectivity index (χ3n) is 15.3. The first-order chi connectivity index (χ1) is 32.3. The van der Waals surface area contributed by atoms with Crippen molar-refractivity contribution in [1.82, 2.24) is 24.5 Å². The summed E-state index contributed by atoms with van der Waals surface area (Å²) in [6, 6.07) is 0.767. The summed E-state index contributed by atoms with van der Waals surface area (Å²) in [7, 11) is 0. The van der Waals surface area contributed by atoms with Gasteiger partial charge in [-0.05, 0) is 248 Å². The predicted octanol–water partition coefficient (Wildman–Crippen LogP) is 18.1. The van der Waals surface area contributed by atoms with Crippen LogP contribution < -0.4 is 0 Å². The molecular formula is C64H133N5. The average molecular weight is 973 g/mol. The van der Waals surface area contributed by atoms with Gasteiger partial charge < -0.3 is 24.5 Å². The molecule has 5 fully saturated rings. The standard InChI is InChI=1S/2C14H29N.C13H27N.C12H25N.C11H23N/c1-13(12-14(2,3)4)15-10-8-6-5-7-9-11-15;1-14(2,3)10-9-13-15-11-7-5-4-6-8-12-15;1-13(2,3)9-8-12-14-10-6-4-5-7-11-14;1-12(2,3)8-7-11-13-9-5-4-6-10-13;1-11(2,3)7-6-10-12-8-4-5-9-12/h13H,5-12H2,1-4H3;4-13H2,1-3H3;4-12H2,1-3H3;4-11H2,1-3H3;4-10H2,1-3H3. The molecule has 1 unspecified atom stereocenters. The van der Waals surface area contributed by atoms with Crippen LogP contribution in [0.2, 0.25) is 0 Å². The molecule has 0 aromatic rings. The third kappa shape index (κ3) is 45.0. The molecule has 5 saturated heterocycles. The van der Waals surface area contributed by atoms with Gasteiger partial charge in [0, 0.05) is 6.04 Å². The molecule has 0 aromatic heterocycles. The molecule has 5 aliphatic rings. The van der Waals surface area contributed by atoms with Crippen molar-refractivity contribution in [2.75, 3.05) is 91.6 Å². The Balaban J connectivity index is 0.000000432. The van der Waals surface area contributed by atoms with Gasteiger partial charge in [0.25, 0.3) is 0 Å². The summed E-state index contributed by atoms with van der Waals surface area (Å²) in [6.45, 7) is 56.3. The summed E-state index contributed by atoms with van der Waals surface area (Å²) >= 11 is 0. The quantitative estimate of drug-likeness (QED) is 0.172. The smallest absolute Gasteiger partial charge is 0.00719 e. The molecule has 0 aliphatic carbocycles. The second-order valence-corrected chi connectivity index (χ2v) is 29.4. The SMILES string of the molecule is CC(C)(C)CCCN1CCCC1.CC(C)(C)CCCN1CCCCC1.CC(C)(C)CCCN1CCCCCC1.CC(C)(C)CCCN1CCCCCCC1.CC(CC(C)(C)C)N1CCCCCCC1. The van der Waals surface area contributed by atoms with Crippen molar-refractivity contribution >= 4 is 0 Å². The number of hydrogen-bond acceptors (Lipinski definition) is 5. The minimum absolute atomic E-state index is 0.474. The summed E-state index contributed by atoms with van der Waals surface area (Å²) in [5.41, 5.74) is 2.56. The van der Waals surface area contributed by atoms with E-state index >= 15 is 0 Å². The zero-order valence-corrected chi connectivity index (χ0v) is 51.0. The first kappa shape index (κ1) is 66.8. The van der Waals surface area contributed by atoms with Crippen molar-refractivity contribution in [2.45, 2.75) is 297 Å². The van der Waals surface area contributed by atoms with E-state index in [0.717, 1.165) is 6.04 Å². The fourth-order valence-electron chi connectivity index (χ4n) is 11.1. The summed E-state index contributed by atoms with van der Waals surface area (Å²) in [6.07, 6.45) is 39.6. The molecule has 5 aliphatic heterocycles. The molecule has 5 heterocycles. The second-order valence-electron chi connectivity index (χ2n) is 29.4. The molecule has 0 N–H and O–H groups in total. The van der Waals surface area contributed by atoms with Gasteiger partial charge >= 0.3 is 0 Å². The van der Waals surface area contributed by atoms with E-state index in [0.29, 0.717) is 27.1 Å². The van der Waals surface area contributed by atoms with E-state index in [-0.39, 0.29) is 0 Å². The van der Waals surface area contributed by atoms with Gasteiger partial charge in [0.2, 0.25) is 0 Å². The van der Waals surface area contributed by atoms with E-state index in [4.69, 9.17) is 0 Å². The van der Waals surface area contributed by atoms with E-state index in [2.05, 4.69) is 135 Å². The molecule has 0 aromatic carbocycles. The lowest BCUT2D eigenvalue weighted by atomic mass is 9.88. The van der Waals surface area contributed by atoms with Crippen molar-refractivity contribution in [2.24, 2.45) is 27.1 Å². The fraction of sp³-hybridized carbons (Fsp3) is 1.00. The molecule has 414 valence electrons. The minimum Gasteiger partial charge on any atom is -0.303 e. The van der Waals surface area contributed by atoms with E-state index in [1.165, 1.54) is 271 Å². The van der Waals surface area contributed by atoms with Crippen molar-refractivity contribution in [3.05, 3.63) is 0 Å². The Morgan fingerprint density at radius 1 is 0.261 bits per heavy atom. The fourth-order valence-corrected chi connectivity index (χ4v) is 11.1. The Labute approximate surface area is 438 Å². The van der Waals surface area contributed by atoms with Crippen molar-refractivity contribution in [3.8, 4) is 0 Å². The van der Waals surface area contributed by atoms with Crippen LogP contribution in [0.4, 0.5) is 0 Å². The van der Waals surface area contributed by atoms with Gasteiger partial charge in [0.05, 0.1) is 0 Å². The Morgan fingerprint density at radius 2 is 0.449 bits per heavy atom. The second kappa shape index (κ2) is 37.5. The van der Waals surface area contributed by atoms with E-state index in [1.807, 2.05) is 0 Å². The van der Waals surface area contributed by atoms with E-state index in [1.54, 1.807) is 0 Å². The van der Waals surface area contributed by atoms with Gasteiger partial charge in [-0.3, -0.25) is 0 Å². The number of hydrogen-bond donors (Lipinski definition) is 0. The summed E-state index contributed by atoms with van der Waals surface area (Å²) < 4.78 is 0. The normalized spacial score (nSPS) is 21.2. The van der Waals surface area contributed by atoms with Gasteiger partial charge in [0.15, 0.2) is 0 Å². The molecule has 0 radical (unpaired) electrons. The first-order valence-corrected chi connectivity index (χ1v) is 30.9. The highest BCUT2D eigenvalue weighted by Gasteiger charge is 2.21. The first-order valence-electron chi connectivity index (χ1n) is 30.9. The van der Waals surface area contributed by atoms with E-state index < -0.39 is 0 Å². The highest BCUT2D eigenvalue weighted by molar-refractivity contribution is 4.76. The highest BCUT2D eigenvalue weighted by atomic mass is 15.2. The van der Waals surface area contributed by atoms with Crippen LogP contribution in [0.3, 0.4) is 0 Å². The largest absolute Gasteiger partial charge is 0.303 e. The molecule has 0 spiro atoms. The monoisotopic (exact) mass is 972 g/mol. The molecule has 0 amide bonds. The molecule has 0 bridgehead atoms. The molecule has 5 rings (SSSR count). The number of piperidine rings is 1. The molecule has 5 heteroatoms. The Morgan fingerprint density at radius 3 is 0.667 bits per heavy atom. The van der Waals surface area contributed by atoms with Crippen molar-refractivity contribution in [3.63, 3.8) is 0 Å². The molecule has 69 heavy (non-hydrogen) atoms. The van der Waals surface area contributed by atoms with Crippen LogP contribution in [0.25, 0.3) is 0 Å². The van der Waals surface area contributed by atoms with Crippen LogP contribution in [-0.2, 0) is 0 Å². The number of likely N-dealkylation sites (tertiary alicyclic amines) is 5. The Kier molecular flexibility index (Phi) is 36.3. The Hall–Kier alpha value is -0.200. The maximum atomic E-state index is 2.71. The molecule has 5 nitrogen and oxygen atoms in total. The summed E-state index contributed by atoms with van der Waals surface area (Å²) in [5, 5.41) is 0. The minimum atomic E-state index is 0.474. The zero-order valence-electron chi connectivity index (χ0n) is 51.0. The van der Waals surface area contributed by atoms with Gasteiger partial charge in [-0.1, -0.05) is 162 Å². The maximum absolute atomic E-state index is 2.71. The molecule has 1 atom stereocenters. The lowest BCUT2D eigenvalue weighted by Crippen LogP contribution is -2.37. The summed E-state index contributed by atoms with van der Waals surface area (Å²) in [5.74, 6) is 0. The van der Waals surface area contributed by atoms with Gasteiger partial charge in [0.1, 0.15) is 0 Å². The van der Waals surface area contributed by atoms with Crippen LogP contribution in [0, 0.1) is 27.1 Å². The van der Waals surface area contributed by atoms with Gasteiger partial charge in [-0.15, -0.1) is 0 Å². The topological polar surface area (TPSA) is 16.2 Å². The van der Waals surface area contributed by atoms with Crippen LogP contribution in [0.1, 0.15) is 291 Å². The van der Waals surface area contributed by atoms with Crippen molar-refractivity contribution in [1.29, 1.82) is 0 Å². The number of nitrogens with zero attached hydrogens (tertiary/aromatic N) is 5. The lowest BCUT2D eigenvalue weighted by molar-refractivity contribution is 0.148. The van der Waals surface area contributed by atoms with Crippen LogP contribution in [-0.4, -0.2) is 122 Å². The van der Waals surface area contributed by atoms with Crippen LogP contribution in [0.5, 0.6) is 0 Å². The highest BCUT2D eigenvalue weighted by Crippen LogP contribution is 2.26. The molecular weight excluding hydrogens is 839 g/mol. The van der Waals surface area contributed by atoms with Gasteiger partial charge in [-0.25, -0.2) is 0 Å². The number of rotatable bonds is 14. The van der Waals surface area contributed by atoms with Crippen LogP contribution >= 0.6 is 0 Å². The average Bonchev–Trinajstić information content (AvgIpc) is 3.59. The Bertz CT molecular complexity index is 1110. The predicted molar refractivity (Wildman–Crippen MR) is 313 cm³/mol. The third-order valence-corrected chi connectivity index (χ3v) is 15.3. The molecule has 0 saturated carbocycles.